The second-order valence-electron chi connectivity index (χ2n) is 2.54. The molecule has 1 nitrogen and oxygen atoms in total. The van der Waals surface area contributed by atoms with Gasteiger partial charge in [0.05, 0.1) is 5.69 Å². The Balaban J connectivity index is 3.27. The molecule has 0 atom stereocenters. The minimum absolute atomic E-state index is 0.0383. The van der Waals surface area contributed by atoms with Gasteiger partial charge in [0.25, 0.3) is 6.43 Å². The molecule has 1 rings (SSSR count). The van der Waals surface area contributed by atoms with Crippen molar-refractivity contribution in [3.63, 3.8) is 0 Å². The highest BCUT2D eigenvalue weighted by molar-refractivity contribution is 9.10. The first-order valence-corrected chi connectivity index (χ1v) is 5.47. The van der Waals surface area contributed by atoms with E-state index in [1.165, 1.54) is 6.07 Å². The lowest BCUT2D eigenvalue weighted by molar-refractivity contribution is 0.150. The first-order valence-electron chi connectivity index (χ1n) is 3.56. The van der Waals surface area contributed by atoms with Crippen LogP contribution < -0.4 is 0 Å². The van der Waals surface area contributed by atoms with Crippen molar-refractivity contribution >= 4 is 31.9 Å². The number of aromatic nitrogens is 1. The van der Waals surface area contributed by atoms with Gasteiger partial charge in [-0.25, -0.2) is 13.8 Å². The molecule has 1 heterocycles. The highest BCUT2D eigenvalue weighted by Gasteiger charge is 2.14. The molecule has 0 N–H and O–H groups in total. The number of nitrogens with zero attached hydrogens (tertiary/aromatic N) is 1. The van der Waals surface area contributed by atoms with Crippen molar-refractivity contribution in [2.45, 2.75) is 18.7 Å². The number of hydrogen-bond acceptors (Lipinski definition) is 1. The molecule has 0 aliphatic rings. The van der Waals surface area contributed by atoms with Crippen LogP contribution in [0.1, 0.15) is 23.2 Å². The lowest BCUT2D eigenvalue weighted by atomic mass is 10.1. The van der Waals surface area contributed by atoms with Crippen LogP contribution in [0.5, 0.6) is 0 Å². The van der Waals surface area contributed by atoms with Gasteiger partial charge < -0.3 is 0 Å². The molecule has 0 saturated carbocycles. The fourth-order valence-electron chi connectivity index (χ4n) is 1.00. The quantitative estimate of drug-likeness (QED) is 0.594. The highest BCUT2D eigenvalue weighted by atomic mass is 79.9. The topological polar surface area (TPSA) is 12.9 Å². The van der Waals surface area contributed by atoms with E-state index in [2.05, 4.69) is 36.8 Å². The number of halogens is 4. The Bertz CT molecular complexity index is 315. The van der Waals surface area contributed by atoms with Crippen molar-refractivity contribution in [3.05, 3.63) is 27.5 Å². The maximum Gasteiger partial charge on any atom is 0.264 e. The number of pyridine rings is 1. The van der Waals surface area contributed by atoms with Crippen LogP contribution in [0.15, 0.2) is 10.7 Å². The number of alkyl halides is 3. The smallest absolute Gasteiger partial charge is 0.245 e. The molecule has 0 fully saturated rings. The van der Waals surface area contributed by atoms with Crippen LogP contribution in [-0.4, -0.2) is 4.98 Å². The first-order chi connectivity index (χ1) is 6.06. The van der Waals surface area contributed by atoms with E-state index in [-0.39, 0.29) is 5.56 Å². The van der Waals surface area contributed by atoms with Gasteiger partial charge in [0, 0.05) is 10.9 Å². The summed E-state index contributed by atoms with van der Waals surface area (Å²) < 4.78 is 25.4. The van der Waals surface area contributed by atoms with Crippen molar-refractivity contribution in [1.29, 1.82) is 0 Å². The third-order valence-corrected chi connectivity index (χ3v) is 2.68. The predicted molar refractivity (Wildman–Crippen MR) is 54.3 cm³/mol. The van der Waals surface area contributed by atoms with Crippen LogP contribution >= 0.6 is 31.9 Å². The standard InChI is InChI=1S/C8H7Br2F2N/c1-4-5(8(11)12)2-7(10)13-6(4)3-9/h2,8H,3H2,1H3. The summed E-state index contributed by atoms with van der Waals surface area (Å²) in [6.45, 7) is 1.65. The van der Waals surface area contributed by atoms with Crippen molar-refractivity contribution < 1.29 is 8.78 Å². The van der Waals surface area contributed by atoms with E-state index in [9.17, 15) is 8.78 Å². The van der Waals surface area contributed by atoms with Crippen molar-refractivity contribution in [1.82, 2.24) is 4.98 Å². The third kappa shape index (κ3) is 2.47. The molecule has 0 aromatic carbocycles. The molecule has 0 saturated heterocycles. The molecular formula is C8H7Br2F2N. The monoisotopic (exact) mass is 313 g/mol. The molecule has 0 bridgehead atoms. The molecule has 13 heavy (non-hydrogen) atoms. The average molecular weight is 315 g/mol. The van der Waals surface area contributed by atoms with E-state index in [4.69, 9.17) is 0 Å². The summed E-state index contributed by atoms with van der Waals surface area (Å²) >= 11 is 6.29. The molecule has 1 aromatic rings. The van der Waals surface area contributed by atoms with Gasteiger partial charge in [0.2, 0.25) is 0 Å². The van der Waals surface area contributed by atoms with Gasteiger partial charge in [-0.15, -0.1) is 0 Å². The Kier molecular flexibility index (Phi) is 3.79. The van der Waals surface area contributed by atoms with E-state index in [0.717, 1.165) is 0 Å². The predicted octanol–water partition coefficient (Wildman–Crippen LogP) is 3.99. The molecule has 0 spiro atoms. The van der Waals surface area contributed by atoms with Crippen molar-refractivity contribution in [3.8, 4) is 0 Å². The zero-order chi connectivity index (χ0) is 10.0. The summed E-state index contributed by atoms with van der Waals surface area (Å²) in [6.07, 6.45) is -2.45. The fourth-order valence-corrected chi connectivity index (χ4v) is 2.01. The maximum atomic E-state index is 12.5. The Morgan fingerprint density at radius 3 is 2.62 bits per heavy atom. The Hall–Kier alpha value is -0.0300. The van der Waals surface area contributed by atoms with E-state index in [1.807, 2.05) is 0 Å². The highest BCUT2D eigenvalue weighted by Crippen LogP contribution is 2.27. The van der Waals surface area contributed by atoms with Gasteiger partial charge in [-0.05, 0) is 34.5 Å². The van der Waals surface area contributed by atoms with E-state index >= 15 is 0 Å². The summed E-state index contributed by atoms with van der Waals surface area (Å²) in [6, 6.07) is 1.35. The second-order valence-corrected chi connectivity index (χ2v) is 3.91. The van der Waals surface area contributed by atoms with Crippen LogP contribution in [0.2, 0.25) is 0 Å². The van der Waals surface area contributed by atoms with E-state index in [1.54, 1.807) is 6.92 Å². The Labute approximate surface area is 91.8 Å². The summed E-state index contributed by atoms with van der Waals surface area (Å²) in [5, 5.41) is 0.484. The molecule has 0 aliphatic heterocycles. The number of hydrogen-bond donors (Lipinski definition) is 0. The average Bonchev–Trinajstić information content (AvgIpc) is 2.08. The fraction of sp³-hybridized carbons (Fsp3) is 0.375. The molecule has 0 amide bonds. The largest absolute Gasteiger partial charge is 0.264 e. The lowest BCUT2D eigenvalue weighted by Gasteiger charge is -2.08. The van der Waals surface area contributed by atoms with Crippen molar-refractivity contribution in [2.75, 3.05) is 0 Å². The summed E-state index contributed by atoms with van der Waals surface area (Å²) in [5.41, 5.74) is 1.23. The molecule has 0 aliphatic carbocycles. The normalized spacial score (nSPS) is 10.9. The molecule has 0 radical (unpaired) electrons. The summed E-state index contributed by atoms with van der Waals surface area (Å²) in [4.78, 5) is 4.07. The SMILES string of the molecule is Cc1c(C(F)F)cc(Br)nc1CBr. The zero-order valence-corrected chi connectivity index (χ0v) is 9.99. The third-order valence-electron chi connectivity index (χ3n) is 1.74. The summed E-state index contributed by atoms with van der Waals surface area (Å²) in [7, 11) is 0. The van der Waals surface area contributed by atoms with Gasteiger partial charge in [-0.2, -0.15) is 0 Å². The molecule has 5 heteroatoms. The van der Waals surface area contributed by atoms with Gasteiger partial charge in [-0.1, -0.05) is 15.9 Å². The number of rotatable bonds is 2. The van der Waals surface area contributed by atoms with Crippen LogP contribution in [0.3, 0.4) is 0 Å². The maximum absolute atomic E-state index is 12.5. The molecule has 0 unspecified atom stereocenters. The first kappa shape index (κ1) is 11.0. The lowest BCUT2D eigenvalue weighted by Crippen LogP contribution is -1.98. The van der Waals surface area contributed by atoms with E-state index in [0.29, 0.717) is 21.2 Å². The second kappa shape index (κ2) is 4.46. The Morgan fingerprint density at radius 1 is 1.54 bits per heavy atom. The van der Waals surface area contributed by atoms with Gasteiger partial charge in [0.1, 0.15) is 4.60 Å². The van der Waals surface area contributed by atoms with Gasteiger partial charge in [0.15, 0.2) is 0 Å². The molecule has 72 valence electrons. The van der Waals surface area contributed by atoms with Crippen LogP contribution in [0.25, 0.3) is 0 Å². The van der Waals surface area contributed by atoms with E-state index < -0.39 is 6.43 Å². The minimum atomic E-state index is -2.45. The summed E-state index contributed by atoms with van der Waals surface area (Å²) in [5.74, 6) is 0. The van der Waals surface area contributed by atoms with Crippen LogP contribution in [0.4, 0.5) is 8.78 Å². The molecular weight excluding hydrogens is 308 g/mol. The Morgan fingerprint density at radius 2 is 2.15 bits per heavy atom. The van der Waals surface area contributed by atoms with Gasteiger partial charge >= 0.3 is 0 Å². The van der Waals surface area contributed by atoms with Crippen molar-refractivity contribution in [2.24, 2.45) is 0 Å². The van der Waals surface area contributed by atoms with Gasteiger partial charge in [-0.3, -0.25) is 0 Å². The molecule has 1 aromatic heterocycles. The van der Waals surface area contributed by atoms with Crippen LogP contribution in [0, 0.1) is 6.92 Å². The zero-order valence-electron chi connectivity index (χ0n) is 6.82. The van der Waals surface area contributed by atoms with Crippen LogP contribution in [-0.2, 0) is 5.33 Å². The minimum Gasteiger partial charge on any atom is -0.245 e.